The molecule has 0 fully saturated rings. The molecule has 0 radical (unpaired) electrons. The summed E-state index contributed by atoms with van der Waals surface area (Å²) in [5, 5.41) is 0. The minimum Gasteiger partial charge on any atom is -0.478 e. The number of sulfonamides is 1. The number of hydrogen-bond donors (Lipinski definition) is 0. The van der Waals surface area contributed by atoms with Gasteiger partial charge in [0, 0.05) is 11.5 Å². The average Bonchev–Trinajstić information content (AvgIpc) is 2.66. The molecule has 0 spiro atoms. The van der Waals surface area contributed by atoms with Gasteiger partial charge in [0.1, 0.15) is 5.75 Å². The summed E-state index contributed by atoms with van der Waals surface area (Å²) in [5.41, 5.74) is 0.989. The summed E-state index contributed by atoms with van der Waals surface area (Å²) in [6.45, 7) is 3.43. The highest BCUT2D eigenvalue weighted by molar-refractivity contribution is 9.10. The van der Waals surface area contributed by atoms with Crippen LogP contribution < -0.4 is 9.04 Å². The number of carbonyl (C=O) groups is 1. The van der Waals surface area contributed by atoms with Crippen LogP contribution in [0.4, 0.5) is 5.69 Å². The predicted octanol–water partition coefficient (Wildman–Crippen LogP) is 3.77. The van der Waals surface area contributed by atoms with E-state index in [1.807, 2.05) is 0 Å². The Morgan fingerprint density at radius 1 is 1.25 bits per heavy atom. The fraction of sp³-hybridized carbons (Fsp3) is 0.250. The molecule has 0 aliphatic carbocycles. The maximum Gasteiger partial charge on any atom is 0.340 e. The van der Waals surface area contributed by atoms with Gasteiger partial charge in [0.05, 0.1) is 23.3 Å². The van der Waals surface area contributed by atoms with Crippen molar-refractivity contribution in [3.63, 3.8) is 0 Å². The summed E-state index contributed by atoms with van der Waals surface area (Å²) in [5.74, 6) is 2.26. The normalized spacial score (nSPS) is 12.0. The lowest BCUT2D eigenvalue weighted by molar-refractivity contribution is 0.0601. The van der Waals surface area contributed by atoms with E-state index in [2.05, 4.69) is 21.9 Å². The van der Waals surface area contributed by atoms with Gasteiger partial charge in [-0.1, -0.05) is 21.9 Å². The summed E-state index contributed by atoms with van der Waals surface area (Å²) in [4.78, 5) is 12.2. The van der Waals surface area contributed by atoms with E-state index in [1.165, 1.54) is 44.5 Å². The SMILES string of the molecule is C#CC(C)Oc1ccc(S(=O)(=O)N(C)c2c(C)cc(Br)cc2C(=O)OC)cc1. The van der Waals surface area contributed by atoms with Crippen molar-refractivity contribution in [1.82, 2.24) is 0 Å². The molecule has 2 aromatic rings. The van der Waals surface area contributed by atoms with Crippen molar-refractivity contribution in [3.05, 3.63) is 52.0 Å². The van der Waals surface area contributed by atoms with Crippen LogP contribution in [0.2, 0.25) is 0 Å². The fourth-order valence-corrected chi connectivity index (χ4v) is 4.48. The summed E-state index contributed by atoms with van der Waals surface area (Å²) >= 11 is 3.32. The molecule has 2 aromatic carbocycles. The van der Waals surface area contributed by atoms with Gasteiger partial charge in [0.15, 0.2) is 6.10 Å². The summed E-state index contributed by atoms with van der Waals surface area (Å²) in [6, 6.07) is 9.17. The second-order valence-corrected chi connectivity index (χ2v) is 8.87. The van der Waals surface area contributed by atoms with Crippen LogP contribution in [-0.4, -0.2) is 34.6 Å². The molecule has 0 N–H and O–H groups in total. The van der Waals surface area contributed by atoms with Gasteiger partial charge in [0.25, 0.3) is 10.0 Å². The van der Waals surface area contributed by atoms with Crippen LogP contribution in [0.5, 0.6) is 5.75 Å². The van der Waals surface area contributed by atoms with Gasteiger partial charge in [-0.25, -0.2) is 13.2 Å². The fourth-order valence-electron chi connectivity index (χ4n) is 2.63. The molecule has 1 unspecified atom stereocenters. The Balaban J connectivity index is 2.47. The standard InChI is InChI=1S/C20H20BrNO5S/c1-6-14(3)27-16-7-9-17(10-8-16)28(24,25)22(4)19-13(2)11-15(21)12-18(19)20(23)26-5/h1,7-12,14H,2-5H3. The lowest BCUT2D eigenvalue weighted by atomic mass is 10.1. The van der Waals surface area contributed by atoms with Gasteiger partial charge in [-0.3, -0.25) is 4.31 Å². The second kappa shape index (κ2) is 8.67. The third-order valence-corrected chi connectivity index (χ3v) is 6.24. The number of esters is 1. The Kier molecular flexibility index (Phi) is 6.75. The molecule has 0 aliphatic rings. The minimum atomic E-state index is -3.93. The number of benzene rings is 2. The van der Waals surface area contributed by atoms with Crippen LogP contribution in [0.1, 0.15) is 22.8 Å². The summed E-state index contributed by atoms with van der Waals surface area (Å²) in [7, 11) is -1.29. The molecule has 0 heterocycles. The van der Waals surface area contributed by atoms with Crippen LogP contribution in [0, 0.1) is 19.3 Å². The van der Waals surface area contributed by atoms with Gasteiger partial charge < -0.3 is 9.47 Å². The second-order valence-electron chi connectivity index (χ2n) is 5.98. The lowest BCUT2D eigenvalue weighted by Gasteiger charge is -2.24. The topological polar surface area (TPSA) is 72.9 Å². The largest absolute Gasteiger partial charge is 0.478 e. The highest BCUT2D eigenvalue weighted by Gasteiger charge is 2.27. The van der Waals surface area contributed by atoms with Crippen LogP contribution in [-0.2, 0) is 14.8 Å². The molecule has 2 rings (SSSR count). The molecule has 6 nitrogen and oxygen atoms in total. The molecule has 148 valence electrons. The first kappa shape index (κ1) is 21.8. The van der Waals surface area contributed by atoms with Gasteiger partial charge in [-0.05, 0) is 55.8 Å². The Morgan fingerprint density at radius 3 is 2.39 bits per heavy atom. The average molecular weight is 466 g/mol. The maximum absolute atomic E-state index is 13.1. The zero-order chi connectivity index (χ0) is 21.1. The first-order valence-corrected chi connectivity index (χ1v) is 10.4. The smallest absolute Gasteiger partial charge is 0.340 e. The number of halogens is 1. The number of nitrogens with zero attached hydrogens (tertiary/aromatic N) is 1. The van der Waals surface area contributed by atoms with Crippen LogP contribution in [0.15, 0.2) is 45.8 Å². The van der Waals surface area contributed by atoms with Gasteiger partial charge in [-0.2, -0.15) is 0 Å². The van der Waals surface area contributed by atoms with E-state index in [-0.39, 0.29) is 16.1 Å². The number of aryl methyl sites for hydroxylation is 1. The van der Waals surface area contributed by atoms with Gasteiger partial charge in [0.2, 0.25) is 0 Å². The molecule has 28 heavy (non-hydrogen) atoms. The van der Waals surface area contributed by atoms with Crippen molar-refractivity contribution in [3.8, 4) is 18.1 Å². The van der Waals surface area contributed by atoms with Crippen LogP contribution in [0.3, 0.4) is 0 Å². The molecule has 0 bridgehead atoms. The molecule has 8 heteroatoms. The third kappa shape index (κ3) is 4.49. The van der Waals surface area contributed by atoms with Crippen molar-refractivity contribution in [2.45, 2.75) is 24.8 Å². The molecule has 0 amide bonds. The highest BCUT2D eigenvalue weighted by atomic mass is 79.9. The summed E-state index contributed by atoms with van der Waals surface area (Å²) in [6.07, 6.45) is 4.85. The van der Waals surface area contributed by atoms with E-state index in [0.29, 0.717) is 15.8 Å². The molecule has 0 aliphatic heterocycles. The van der Waals surface area contributed by atoms with Crippen molar-refractivity contribution >= 4 is 37.6 Å². The number of anilines is 1. The zero-order valence-corrected chi connectivity index (χ0v) is 18.3. The first-order chi connectivity index (χ1) is 13.1. The molecule has 0 aromatic heterocycles. The quantitative estimate of drug-likeness (QED) is 0.479. The van der Waals surface area contributed by atoms with E-state index < -0.39 is 22.1 Å². The number of rotatable bonds is 6. The first-order valence-electron chi connectivity index (χ1n) is 8.22. The van der Waals surface area contributed by atoms with Gasteiger partial charge in [-0.15, -0.1) is 6.42 Å². The predicted molar refractivity (Wildman–Crippen MR) is 111 cm³/mol. The Bertz CT molecular complexity index is 1030. The van der Waals surface area contributed by atoms with E-state index >= 15 is 0 Å². The van der Waals surface area contributed by atoms with Crippen molar-refractivity contribution in [2.75, 3.05) is 18.5 Å². The van der Waals surface area contributed by atoms with Crippen LogP contribution >= 0.6 is 15.9 Å². The zero-order valence-electron chi connectivity index (χ0n) is 15.9. The number of hydrogen-bond acceptors (Lipinski definition) is 5. The molecule has 0 saturated heterocycles. The van der Waals surface area contributed by atoms with E-state index in [4.69, 9.17) is 15.9 Å². The maximum atomic E-state index is 13.1. The van der Waals surface area contributed by atoms with Crippen LogP contribution in [0.25, 0.3) is 0 Å². The molecule has 0 saturated carbocycles. The minimum absolute atomic E-state index is 0.0499. The monoisotopic (exact) mass is 465 g/mol. The van der Waals surface area contributed by atoms with Crippen molar-refractivity contribution in [2.24, 2.45) is 0 Å². The Hall–Kier alpha value is -2.50. The number of methoxy groups -OCH3 is 1. The summed E-state index contributed by atoms with van der Waals surface area (Å²) < 4.78 is 38.2. The van der Waals surface area contributed by atoms with Crippen molar-refractivity contribution in [1.29, 1.82) is 0 Å². The highest BCUT2D eigenvalue weighted by Crippen LogP contribution is 2.33. The molecule has 1 atom stereocenters. The number of terminal acetylenes is 1. The number of ether oxygens (including phenoxy) is 2. The Morgan fingerprint density at radius 2 is 1.86 bits per heavy atom. The lowest BCUT2D eigenvalue weighted by Crippen LogP contribution is -2.29. The van der Waals surface area contributed by atoms with Gasteiger partial charge >= 0.3 is 5.97 Å². The molecular formula is C20H20BrNO5S. The van der Waals surface area contributed by atoms with Crippen molar-refractivity contribution < 1.29 is 22.7 Å². The van der Waals surface area contributed by atoms with E-state index in [9.17, 15) is 13.2 Å². The third-order valence-electron chi connectivity index (χ3n) is 4.02. The number of carbonyl (C=O) groups excluding carboxylic acids is 1. The van der Waals surface area contributed by atoms with E-state index in [0.717, 1.165) is 4.31 Å². The molecular weight excluding hydrogens is 446 g/mol. The van der Waals surface area contributed by atoms with E-state index in [1.54, 1.807) is 19.9 Å². The Labute approximate surface area is 173 Å².